The van der Waals surface area contributed by atoms with E-state index in [2.05, 4.69) is 58.6 Å². The standard InChI is InChI=1S/C38H59N9O5S/c1-12-19-52-30(36-40-28(22-53-36)34(49)39-27(33-42-44-45-43-33)20-25-15-17-26(48)18-16-25)21-29(23(4)5)47(11)37(51)31(24(6)13-2)41-35(50)32(46(9)10)38(7,8)14-3/h15-18,22,24,27,29-32,48H,4,12-14,19-21H2,1-3,5-11H3,(H,39,49)(H,41,50)(H,42,43,44,45). The minimum atomic E-state index is -0.742. The zero-order valence-electron chi connectivity index (χ0n) is 33.0. The van der Waals surface area contributed by atoms with E-state index in [1.807, 2.05) is 46.7 Å². The molecule has 1 aromatic carbocycles. The Morgan fingerprint density at radius 2 is 1.77 bits per heavy atom. The molecule has 2 heterocycles. The van der Waals surface area contributed by atoms with Crippen LogP contribution in [0, 0.1) is 11.3 Å². The molecule has 4 N–H and O–H groups in total. The first-order valence-electron chi connectivity index (χ1n) is 18.3. The fraction of sp³-hybridized carbons (Fsp3) is 0.605. The molecule has 0 bridgehead atoms. The third-order valence-electron chi connectivity index (χ3n) is 9.92. The van der Waals surface area contributed by atoms with E-state index in [-0.39, 0.29) is 34.6 Å². The van der Waals surface area contributed by atoms with Gasteiger partial charge < -0.3 is 25.4 Å². The van der Waals surface area contributed by atoms with Crippen molar-refractivity contribution in [1.82, 2.24) is 46.0 Å². The highest BCUT2D eigenvalue weighted by atomic mass is 32.1. The van der Waals surface area contributed by atoms with Gasteiger partial charge in [-0.15, -0.1) is 21.5 Å². The Labute approximate surface area is 318 Å². The molecule has 6 atom stereocenters. The van der Waals surface area contributed by atoms with Crippen LogP contribution in [-0.4, -0.2) is 104 Å². The van der Waals surface area contributed by atoms with Gasteiger partial charge in [-0.25, -0.2) is 4.98 Å². The molecule has 0 fully saturated rings. The number of carbonyl (C=O) groups is 3. The number of thiazole rings is 1. The molecule has 0 radical (unpaired) electrons. The molecule has 0 aliphatic heterocycles. The molecule has 3 amide bonds. The van der Waals surface area contributed by atoms with Gasteiger partial charge in [-0.1, -0.05) is 77.5 Å². The molecule has 14 nitrogen and oxygen atoms in total. The number of nitrogens with zero attached hydrogens (tertiary/aromatic N) is 6. The smallest absolute Gasteiger partial charge is 0.271 e. The Hall–Kier alpha value is -4.21. The zero-order valence-corrected chi connectivity index (χ0v) is 33.8. The Morgan fingerprint density at radius 3 is 2.32 bits per heavy atom. The molecule has 15 heteroatoms. The average molecular weight is 754 g/mol. The van der Waals surface area contributed by atoms with Gasteiger partial charge in [0.15, 0.2) is 5.82 Å². The van der Waals surface area contributed by atoms with Crippen LogP contribution >= 0.6 is 11.3 Å². The predicted octanol–water partition coefficient (Wildman–Crippen LogP) is 5.23. The molecule has 0 aliphatic carbocycles. The third-order valence-corrected chi connectivity index (χ3v) is 10.9. The van der Waals surface area contributed by atoms with Crippen molar-refractivity contribution >= 4 is 29.1 Å². The first-order chi connectivity index (χ1) is 25.0. The molecular weight excluding hydrogens is 695 g/mol. The van der Waals surface area contributed by atoms with Crippen molar-refractivity contribution in [1.29, 1.82) is 0 Å². The summed E-state index contributed by atoms with van der Waals surface area (Å²) in [5.74, 6) is -0.482. The van der Waals surface area contributed by atoms with E-state index in [0.29, 0.717) is 36.7 Å². The van der Waals surface area contributed by atoms with E-state index in [1.165, 1.54) is 11.3 Å². The molecule has 53 heavy (non-hydrogen) atoms. The molecule has 2 aromatic heterocycles. The lowest BCUT2D eigenvalue weighted by molar-refractivity contribution is -0.141. The van der Waals surface area contributed by atoms with E-state index in [4.69, 9.17) is 9.72 Å². The van der Waals surface area contributed by atoms with Gasteiger partial charge >= 0.3 is 0 Å². The fourth-order valence-corrected chi connectivity index (χ4v) is 7.19. The SMILES string of the molecule is C=C(C)C(CC(OCCC)c1nc(C(=O)NC(Cc2ccc(O)cc2)c2nn[nH]n2)cs1)N(C)C(=O)C(NC(=O)C(N(C)C)C(C)(C)CC)C(C)CC. The lowest BCUT2D eigenvalue weighted by Gasteiger charge is -2.39. The molecule has 3 rings (SSSR count). The van der Waals surface area contributed by atoms with Crippen LogP contribution in [0.15, 0.2) is 41.8 Å². The highest BCUT2D eigenvalue weighted by Crippen LogP contribution is 2.32. The van der Waals surface area contributed by atoms with Crippen LogP contribution in [-0.2, 0) is 20.7 Å². The number of aromatic amines is 1. The van der Waals surface area contributed by atoms with Gasteiger partial charge in [0.05, 0.1) is 18.1 Å². The Morgan fingerprint density at radius 1 is 1.09 bits per heavy atom. The van der Waals surface area contributed by atoms with Crippen LogP contribution in [0.25, 0.3) is 0 Å². The fourth-order valence-electron chi connectivity index (χ4n) is 6.33. The summed E-state index contributed by atoms with van der Waals surface area (Å²) in [6.45, 7) is 18.8. The van der Waals surface area contributed by atoms with Gasteiger partial charge in [-0.2, -0.15) is 5.21 Å². The second kappa shape index (κ2) is 19.7. The van der Waals surface area contributed by atoms with Crippen LogP contribution in [0.1, 0.15) is 113 Å². The quantitative estimate of drug-likeness (QED) is 0.105. The van der Waals surface area contributed by atoms with Gasteiger partial charge in [0, 0.05) is 31.9 Å². The van der Waals surface area contributed by atoms with Crippen molar-refractivity contribution in [3.8, 4) is 5.75 Å². The average Bonchev–Trinajstić information content (AvgIpc) is 3.84. The molecule has 0 saturated heterocycles. The molecule has 3 aromatic rings. The number of benzene rings is 1. The highest BCUT2D eigenvalue weighted by molar-refractivity contribution is 7.09. The number of carbonyl (C=O) groups excluding carboxylic acids is 3. The van der Waals surface area contributed by atoms with Crippen molar-refractivity contribution in [2.75, 3.05) is 27.7 Å². The maximum atomic E-state index is 14.3. The number of amides is 3. The number of aromatic hydroxyl groups is 1. The molecular formula is C38H59N9O5S. The molecule has 0 spiro atoms. The number of aromatic nitrogens is 5. The van der Waals surface area contributed by atoms with E-state index < -0.39 is 36.2 Å². The summed E-state index contributed by atoms with van der Waals surface area (Å²) in [5.41, 5.74) is 1.50. The predicted molar refractivity (Wildman–Crippen MR) is 206 cm³/mol. The monoisotopic (exact) mass is 753 g/mol. The van der Waals surface area contributed by atoms with E-state index in [9.17, 15) is 19.5 Å². The Balaban J connectivity index is 1.85. The summed E-state index contributed by atoms with van der Waals surface area (Å²) in [6.07, 6.45) is 2.42. The van der Waals surface area contributed by atoms with Crippen molar-refractivity contribution < 1.29 is 24.2 Å². The van der Waals surface area contributed by atoms with E-state index >= 15 is 0 Å². The second-order valence-electron chi connectivity index (χ2n) is 14.7. The number of phenols is 1. The van der Waals surface area contributed by atoms with Crippen LogP contribution < -0.4 is 10.6 Å². The van der Waals surface area contributed by atoms with Crippen LogP contribution in [0.3, 0.4) is 0 Å². The first-order valence-corrected chi connectivity index (χ1v) is 19.2. The third kappa shape index (κ3) is 11.6. The Bertz CT molecular complexity index is 1630. The van der Waals surface area contributed by atoms with E-state index in [1.54, 1.807) is 41.6 Å². The molecule has 0 aliphatic rings. The second-order valence-corrected chi connectivity index (χ2v) is 15.6. The van der Waals surface area contributed by atoms with Crippen LogP contribution in [0.4, 0.5) is 0 Å². The number of nitrogens with one attached hydrogen (secondary N) is 3. The van der Waals surface area contributed by atoms with Gasteiger partial charge in [-0.05, 0) is 62.9 Å². The number of phenolic OH excluding ortho intramolecular Hbond substituents is 1. The van der Waals surface area contributed by atoms with Crippen molar-refractivity contribution in [2.24, 2.45) is 11.3 Å². The first kappa shape index (κ1) is 43.2. The summed E-state index contributed by atoms with van der Waals surface area (Å²) in [4.78, 5) is 50.0. The van der Waals surface area contributed by atoms with Crippen molar-refractivity contribution in [2.45, 2.75) is 111 Å². The van der Waals surface area contributed by atoms with Crippen molar-refractivity contribution in [3.63, 3.8) is 0 Å². The molecule has 6 unspecified atom stereocenters. The maximum Gasteiger partial charge on any atom is 0.271 e. The number of H-pyrrole nitrogens is 1. The van der Waals surface area contributed by atoms with Gasteiger partial charge in [-0.3, -0.25) is 19.3 Å². The summed E-state index contributed by atoms with van der Waals surface area (Å²) in [5, 5.41) is 32.3. The Kier molecular flexibility index (Phi) is 16.1. The molecule has 292 valence electrons. The summed E-state index contributed by atoms with van der Waals surface area (Å²) >= 11 is 1.30. The number of likely N-dealkylation sites (N-methyl/N-ethyl adjacent to an activating group) is 2. The normalized spacial score (nSPS) is 15.2. The largest absolute Gasteiger partial charge is 0.508 e. The number of rotatable bonds is 21. The minimum absolute atomic E-state index is 0.121. The van der Waals surface area contributed by atoms with Gasteiger partial charge in [0.1, 0.15) is 28.6 Å². The summed E-state index contributed by atoms with van der Waals surface area (Å²) in [6, 6.07) is 4.45. The van der Waals surface area contributed by atoms with Crippen LogP contribution in [0.5, 0.6) is 5.75 Å². The zero-order chi connectivity index (χ0) is 39.5. The number of tetrazole rings is 1. The topological polar surface area (TPSA) is 179 Å². The lowest BCUT2D eigenvalue weighted by Crippen LogP contribution is -2.59. The number of ether oxygens (including phenoxy) is 1. The maximum absolute atomic E-state index is 14.3. The summed E-state index contributed by atoms with van der Waals surface area (Å²) in [7, 11) is 5.52. The lowest BCUT2D eigenvalue weighted by atomic mass is 9.80. The highest BCUT2D eigenvalue weighted by Gasteiger charge is 2.40. The number of hydrogen-bond donors (Lipinski definition) is 4. The van der Waals surface area contributed by atoms with Gasteiger partial charge in [0.25, 0.3) is 5.91 Å². The molecule has 0 saturated carbocycles. The van der Waals surface area contributed by atoms with Crippen molar-refractivity contribution in [3.05, 3.63) is 63.9 Å². The van der Waals surface area contributed by atoms with Gasteiger partial charge in [0.2, 0.25) is 11.8 Å². The summed E-state index contributed by atoms with van der Waals surface area (Å²) < 4.78 is 6.32. The number of hydrogen-bond acceptors (Lipinski definition) is 11. The minimum Gasteiger partial charge on any atom is -0.508 e. The van der Waals surface area contributed by atoms with Crippen LogP contribution in [0.2, 0.25) is 0 Å². The van der Waals surface area contributed by atoms with E-state index in [0.717, 1.165) is 24.0 Å².